The Hall–Kier alpha value is -1.67. The van der Waals surface area contributed by atoms with Crippen molar-refractivity contribution in [2.75, 3.05) is 18.0 Å². The van der Waals surface area contributed by atoms with Crippen LogP contribution in [0.2, 0.25) is 0 Å². The Balaban J connectivity index is 2.16. The molecule has 1 aliphatic heterocycles. The summed E-state index contributed by atoms with van der Waals surface area (Å²) in [6.45, 7) is 3.12. The van der Waals surface area contributed by atoms with Crippen molar-refractivity contribution in [3.05, 3.63) is 12.4 Å². The van der Waals surface area contributed by atoms with Crippen molar-refractivity contribution >= 4 is 24.4 Å². The highest BCUT2D eigenvalue weighted by atomic mass is 16.4. The molecule has 1 saturated heterocycles. The van der Waals surface area contributed by atoms with Gasteiger partial charge in [0.15, 0.2) is 0 Å². The fraction of sp³-hybridized carbons (Fsp3) is 0.500. The van der Waals surface area contributed by atoms with Crippen LogP contribution in [0.25, 0.3) is 0 Å². The van der Waals surface area contributed by atoms with E-state index < -0.39 is 7.12 Å². The van der Waals surface area contributed by atoms with Crippen LogP contribution < -0.4 is 15.7 Å². The maximum atomic E-state index is 11.4. The molecule has 0 bridgehead atoms. The molecule has 0 aromatic carbocycles. The van der Waals surface area contributed by atoms with Gasteiger partial charge in [0.1, 0.15) is 0 Å². The zero-order valence-corrected chi connectivity index (χ0v) is 10.1. The summed E-state index contributed by atoms with van der Waals surface area (Å²) in [6, 6.07) is 0.0115. The normalized spacial score (nSPS) is 20.3. The molecule has 0 radical (unpaired) electrons. The summed E-state index contributed by atoms with van der Waals surface area (Å²) >= 11 is 0. The Kier molecular flexibility index (Phi) is 3.78. The van der Waals surface area contributed by atoms with Crippen LogP contribution >= 0.6 is 0 Å². The lowest BCUT2D eigenvalue weighted by atomic mass is 9.83. The maximum Gasteiger partial charge on any atom is 0.491 e. The number of hydrogen-bond acceptors (Lipinski definition) is 6. The van der Waals surface area contributed by atoms with Gasteiger partial charge in [0.25, 0.3) is 0 Å². The molecule has 1 fully saturated rings. The minimum absolute atomic E-state index is 0.0115. The first kappa shape index (κ1) is 12.8. The maximum absolute atomic E-state index is 11.4. The van der Waals surface area contributed by atoms with E-state index in [4.69, 9.17) is 10.0 Å². The second-order valence-electron chi connectivity index (χ2n) is 4.29. The lowest BCUT2D eigenvalue weighted by molar-refractivity contribution is -0.120. The van der Waals surface area contributed by atoms with E-state index in [-0.39, 0.29) is 17.4 Å². The molecule has 1 unspecified atom stereocenters. The van der Waals surface area contributed by atoms with Crippen molar-refractivity contribution in [1.82, 2.24) is 15.3 Å². The average molecular weight is 250 g/mol. The van der Waals surface area contributed by atoms with Crippen LogP contribution in [-0.4, -0.2) is 52.2 Å². The van der Waals surface area contributed by atoms with Gasteiger partial charge >= 0.3 is 7.12 Å². The number of nitrogens with zero attached hydrogens (tertiary/aromatic N) is 3. The third kappa shape index (κ3) is 2.77. The van der Waals surface area contributed by atoms with Crippen LogP contribution in [0.1, 0.15) is 13.3 Å². The molecule has 0 spiro atoms. The summed E-state index contributed by atoms with van der Waals surface area (Å²) < 4.78 is 0. The molecule has 2 heterocycles. The molecular formula is C10H15BN4O3. The molecule has 1 aromatic heterocycles. The van der Waals surface area contributed by atoms with E-state index in [1.54, 1.807) is 0 Å². The third-order valence-electron chi connectivity index (χ3n) is 2.90. The molecule has 1 aromatic rings. The first-order valence-electron chi connectivity index (χ1n) is 5.79. The standard InChI is InChI=1S/C10H15BN4O3/c1-7-4-9(16)12-2-3-15(7)10-13-5-8(6-14-10)11(17)18/h5-7,17-18H,2-4H2,1H3,(H,12,16). The topological polar surface area (TPSA) is 98.6 Å². The van der Waals surface area contributed by atoms with E-state index in [1.807, 2.05) is 11.8 Å². The van der Waals surface area contributed by atoms with Crippen molar-refractivity contribution < 1.29 is 14.8 Å². The quantitative estimate of drug-likeness (QED) is 0.519. The molecule has 2 rings (SSSR count). The molecular weight excluding hydrogens is 235 g/mol. The summed E-state index contributed by atoms with van der Waals surface area (Å²) in [6.07, 6.45) is 3.15. The van der Waals surface area contributed by atoms with Gasteiger partial charge in [-0.1, -0.05) is 0 Å². The summed E-state index contributed by atoms with van der Waals surface area (Å²) in [5, 5.41) is 20.7. The molecule has 96 valence electrons. The monoisotopic (exact) mass is 250 g/mol. The van der Waals surface area contributed by atoms with Crippen LogP contribution in [0.4, 0.5) is 5.95 Å². The van der Waals surface area contributed by atoms with Crippen LogP contribution in [0.3, 0.4) is 0 Å². The lowest BCUT2D eigenvalue weighted by Gasteiger charge is -2.25. The first-order chi connectivity index (χ1) is 8.58. The highest BCUT2D eigenvalue weighted by molar-refractivity contribution is 6.58. The Morgan fingerprint density at radius 1 is 1.44 bits per heavy atom. The van der Waals surface area contributed by atoms with E-state index in [2.05, 4.69) is 15.3 Å². The van der Waals surface area contributed by atoms with Crippen molar-refractivity contribution in [3.63, 3.8) is 0 Å². The summed E-state index contributed by atoms with van der Waals surface area (Å²) in [5.74, 6) is 0.510. The van der Waals surface area contributed by atoms with Gasteiger partial charge in [0, 0.05) is 43.4 Å². The number of carbonyl (C=O) groups is 1. The summed E-state index contributed by atoms with van der Waals surface area (Å²) in [4.78, 5) is 21.5. The number of rotatable bonds is 2. The molecule has 1 amide bonds. The van der Waals surface area contributed by atoms with Crippen LogP contribution in [0, 0.1) is 0 Å². The van der Waals surface area contributed by atoms with Gasteiger partial charge in [-0.15, -0.1) is 0 Å². The minimum atomic E-state index is -1.57. The summed E-state index contributed by atoms with van der Waals surface area (Å²) in [7, 11) is -1.57. The Bertz CT molecular complexity index is 426. The SMILES string of the molecule is CC1CC(=O)NCCN1c1ncc(B(O)O)cn1. The van der Waals surface area contributed by atoms with Gasteiger partial charge in [0.05, 0.1) is 0 Å². The van der Waals surface area contributed by atoms with E-state index in [0.717, 1.165) is 0 Å². The Morgan fingerprint density at radius 3 is 2.72 bits per heavy atom. The highest BCUT2D eigenvalue weighted by Crippen LogP contribution is 2.13. The van der Waals surface area contributed by atoms with Gasteiger partial charge in [-0.3, -0.25) is 4.79 Å². The molecule has 8 heteroatoms. The third-order valence-corrected chi connectivity index (χ3v) is 2.90. The zero-order chi connectivity index (χ0) is 13.1. The number of anilines is 1. The van der Waals surface area contributed by atoms with Gasteiger partial charge in [-0.05, 0) is 6.92 Å². The molecule has 0 aliphatic carbocycles. The van der Waals surface area contributed by atoms with Crippen molar-refractivity contribution in [2.45, 2.75) is 19.4 Å². The second-order valence-corrected chi connectivity index (χ2v) is 4.29. The Morgan fingerprint density at radius 2 is 2.11 bits per heavy atom. The Labute approximate surface area is 105 Å². The predicted octanol–water partition coefficient (Wildman–Crippen LogP) is -2.13. The molecule has 1 aliphatic rings. The number of carbonyl (C=O) groups excluding carboxylic acids is 1. The number of amides is 1. The van der Waals surface area contributed by atoms with Gasteiger partial charge in [0.2, 0.25) is 11.9 Å². The summed E-state index contributed by atoms with van der Waals surface area (Å²) in [5.41, 5.74) is 0.246. The predicted molar refractivity (Wildman–Crippen MR) is 66.3 cm³/mol. The van der Waals surface area contributed by atoms with E-state index in [9.17, 15) is 4.79 Å². The fourth-order valence-electron chi connectivity index (χ4n) is 1.90. The van der Waals surface area contributed by atoms with E-state index >= 15 is 0 Å². The molecule has 7 nitrogen and oxygen atoms in total. The van der Waals surface area contributed by atoms with Gasteiger partial charge in [-0.25, -0.2) is 9.97 Å². The number of nitrogens with one attached hydrogen (secondary N) is 1. The molecule has 0 saturated carbocycles. The molecule has 1 atom stereocenters. The zero-order valence-electron chi connectivity index (χ0n) is 10.1. The van der Waals surface area contributed by atoms with Gasteiger partial charge < -0.3 is 20.3 Å². The van der Waals surface area contributed by atoms with Crippen molar-refractivity contribution in [1.29, 1.82) is 0 Å². The largest absolute Gasteiger partial charge is 0.491 e. The minimum Gasteiger partial charge on any atom is -0.423 e. The highest BCUT2D eigenvalue weighted by Gasteiger charge is 2.23. The molecule has 18 heavy (non-hydrogen) atoms. The average Bonchev–Trinajstić information content (AvgIpc) is 2.50. The van der Waals surface area contributed by atoms with E-state index in [0.29, 0.717) is 25.5 Å². The first-order valence-corrected chi connectivity index (χ1v) is 5.79. The van der Waals surface area contributed by atoms with Crippen LogP contribution in [0.15, 0.2) is 12.4 Å². The van der Waals surface area contributed by atoms with E-state index in [1.165, 1.54) is 12.4 Å². The molecule has 3 N–H and O–H groups in total. The van der Waals surface area contributed by atoms with Crippen LogP contribution in [0.5, 0.6) is 0 Å². The number of hydrogen-bond donors (Lipinski definition) is 3. The van der Waals surface area contributed by atoms with Crippen LogP contribution in [-0.2, 0) is 4.79 Å². The van der Waals surface area contributed by atoms with Crippen molar-refractivity contribution in [2.24, 2.45) is 0 Å². The number of aromatic nitrogens is 2. The van der Waals surface area contributed by atoms with Crippen molar-refractivity contribution in [3.8, 4) is 0 Å². The smallest absolute Gasteiger partial charge is 0.423 e. The second kappa shape index (κ2) is 5.32. The van der Waals surface area contributed by atoms with Gasteiger partial charge in [-0.2, -0.15) is 0 Å². The lowest BCUT2D eigenvalue weighted by Crippen LogP contribution is -2.37. The fourth-order valence-corrected chi connectivity index (χ4v) is 1.90.